The van der Waals surface area contributed by atoms with Crippen LogP contribution in [0.15, 0.2) is 22.8 Å². The van der Waals surface area contributed by atoms with Crippen LogP contribution in [0.4, 0.5) is 0 Å². The second-order valence-electron chi connectivity index (χ2n) is 5.15. The van der Waals surface area contributed by atoms with E-state index in [-0.39, 0.29) is 11.9 Å². The summed E-state index contributed by atoms with van der Waals surface area (Å²) in [6.45, 7) is 5.88. The fourth-order valence-corrected chi connectivity index (χ4v) is 2.29. The Bertz CT molecular complexity index is 599. The third kappa shape index (κ3) is 2.61. The fourth-order valence-electron chi connectivity index (χ4n) is 2.29. The van der Waals surface area contributed by atoms with Crippen molar-refractivity contribution in [1.29, 1.82) is 0 Å². The first-order chi connectivity index (χ1) is 9.41. The first kappa shape index (κ1) is 14.4. The van der Waals surface area contributed by atoms with Crippen molar-refractivity contribution < 1.29 is 9.21 Å². The van der Waals surface area contributed by atoms with Gasteiger partial charge in [0, 0.05) is 25.4 Å². The smallest absolute Gasteiger partial charge is 0.227 e. The summed E-state index contributed by atoms with van der Waals surface area (Å²) >= 11 is 0. The van der Waals surface area contributed by atoms with Crippen molar-refractivity contribution in [2.75, 3.05) is 7.05 Å². The molecular weight excluding hydrogens is 254 g/mol. The van der Waals surface area contributed by atoms with Gasteiger partial charge in [0.25, 0.3) is 0 Å². The molecule has 1 amide bonds. The van der Waals surface area contributed by atoms with Crippen LogP contribution in [0.1, 0.15) is 35.7 Å². The molecule has 0 bridgehead atoms. The number of nitrogens with zero attached hydrogens (tertiary/aromatic N) is 3. The van der Waals surface area contributed by atoms with Gasteiger partial charge >= 0.3 is 0 Å². The summed E-state index contributed by atoms with van der Waals surface area (Å²) in [7, 11) is 3.70. The van der Waals surface area contributed by atoms with E-state index in [9.17, 15) is 4.79 Å². The van der Waals surface area contributed by atoms with E-state index < -0.39 is 0 Å². The second kappa shape index (κ2) is 5.53. The van der Waals surface area contributed by atoms with E-state index in [1.165, 1.54) is 0 Å². The highest BCUT2D eigenvalue weighted by atomic mass is 16.3. The van der Waals surface area contributed by atoms with E-state index in [0.29, 0.717) is 6.42 Å². The standard InChI is InChI=1S/C15H21N3O2/c1-10-13(11(2)18(5)16-10)9-15(19)17(4)12(3)14-7-6-8-20-14/h6-8,12H,9H2,1-5H3. The number of aryl methyl sites for hydroxylation is 2. The highest BCUT2D eigenvalue weighted by molar-refractivity contribution is 5.79. The lowest BCUT2D eigenvalue weighted by molar-refractivity contribution is -0.131. The van der Waals surface area contributed by atoms with Crippen LogP contribution in [0.25, 0.3) is 0 Å². The molecule has 5 heteroatoms. The zero-order valence-corrected chi connectivity index (χ0v) is 12.7. The van der Waals surface area contributed by atoms with Gasteiger partial charge in [0.2, 0.25) is 5.91 Å². The molecule has 0 aliphatic heterocycles. The van der Waals surface area contributed by atoms with E-state index in [4.69, 9.17) is 4.42 Å². The first-order valence-corrected chi connectivity index (χ1v) is 6.70. The van der Waals surface area contributed by atoms with Crippen molar-refractivity contribution in [3.05, 3.63) is 41.1 Å². The summed E-state index contributed by atoms with van der Waals surface area (Å²) in [6, 6.07) is 3.64. The number of amides is 1. The molecule has 0 aliphatic carbocycles. The molecule has 1 unspecified atom stereocenters. The van der Waals surface area contributed by atoms with E-state index in [1.807, 2.05) is 44.6 Å². The zero-order chi connectivity index (χ0) is 14.9. The Morgan fingerprint density at radius 3 is 2.70 bits per heavy atom. The SMILES string of the molecule is Cc1nn(C)c(C)c1CC(=O)N(C)C(C)c1ccco1. The quantitative estimate of drug-likeness (QED) is 0.861. The Labute approximate surface area is 119 Å². The molecule has 0 aromatic carbocycles. The van der Waals surface area contributed by atoms with Crippen molar-refractivity contribution in [2.45, 2.75) is 33.2 Å². The predicted molar refractivity (Wildman–Crippen MR) is 76.3 cm³/mol. The molecule has 2 aromatic heterocycles. The zero-order valence-electron chi connectivity index (χ0n) is 12.7. The molecule has 0 saturated heterocycles. The summed E-state index contributed by atoms with van der Waals surface area (Å²) < 4.78 is 7.17. The number of carbonyl (C=O) groups excluding carboxylic acids is 1. The summed E-state index contributed by atoms with van der Waals surface area (Å²) in [5.74, 6) is 0.855. The van der Waals surface area contributed by atoms with Crippen LogP contribution < -0.4 is 0 Å². The summed E-state index contributed by atoms with van der Waals surface area (Å²) in [5, 5.41) is 4.35. The number of likely N-dealkylation sites (N-methyl/N-ethyl adjacent to an activating group) is 1. The molecule has 0 fully saturated rings. The van der Waals surface area contributed by atoms with Gasteiger partial charge in [-0.2, -0.15) is 5.10 Å². The van der Waals surface area contributed by atoms with E-state index in [2.05, 4.69) is 5.10 Å². The maximum Gasteiger partial charge on any atom is 0.227 e. The lowest BCUT2D eigenvalue weighted by Crippen LogP contribution is -2.31. The van der Waals surface area contributed by atoms with Gasteiger partial charge in [-0.3, -0.25) is 9.48 Å². The maximum absolute atomic E-state index is 12.4. The van der Waals surface area contributed by atoms with Crippen LogP contribution in [0, 0.1) is 13.8 Å². The van der Waals surface area contributed by atoms with Crippen molar-refractivity contribution >= 4 is 5.91 Å². The van der Waals surface area contributed by atoms with Crippen molar-refractivity contribution in [3.8, 4) is 0 Å². The van der Waals surface area contributed by atoms with Crippen molar-refractivity contribution in [1.82, 2.24) is 14.7 Å². The third-order valence-corrected chi connectivity index (χ3v) is 3.92. The summed E-state index contributed by atoms with van der Waals surface area (Å²) in [5.41, 5.74) is 2.96. The van der Waals surface area contributed by atoms with Gasteiger partial charge in [0.15, 0.2) is 0 Å². The van der Waals surface area contributed by atoms with E-state index in [0.717, 1.165) is 22.7 Å². The minimum Gasteiger partial charge on any atom is -0.467 e. The van der Waals surface area contributed by atoms with Gasteiger partial charge in [-0.25, -0.2) is 0 Å². The Balaban J connectivity index is 2.12. The van der Waals surface area contributed by atoms with Crippen molar-refractivity contribution in [2.24, 2.45) is 7.05 Å². The molecule has 108 valence electrons. The van der Waals surface area contributed by atoms with Crippen LogP contribution in [0.2, 0.25) is 0 Å². The Hall–Kier alpha value is -2.04. The molecule has 0 aliphatic rings. The molecule has 0 radical (unpaired) electrons. The van der Waals surface area contributed by atoms with Gasteiger partial charge in [0.05, 0.1) is 24.4 Å². The van der Waals surface area contributed by atoms with Crippen LogP contribution in [0.5, 0.6) is 0 Å². The highest BCUT2D eigenvalue weighted by Gasteiger charge is 2.22. The minimum absolute atomic E-state index is 0.0631. The summed E-state index contributed by atoms with van der Waals surface area (Å²) in [6.07, 6.45) is 1.99. The fraction of sp³-hybridized carbons (Fsp3) is 0.467. The normalized spacial score (nSPS) is 12.4. The van der Waals surface area contributed by atoms with Crippen molar-refractivity contribution in [3.63, 3.8) is 0 Å². The van der Waals surface area contributed by atoms with Gasteiger partial charge in [-0.15, -0.1) is 0 Å². The minimum atomic E-state index is -0.0743. The topological polar surface area (TPSA) is 51.3 Å². The number of rotatable bonds is 4. The molecule has 2 rings (SSSR count). The summed E-state index contributed by atoms with van der Waals surface area (Å²) in [4.78, 5) is 14.1. The van der Waals surface area contributed by atoms with Gasteiger partial charge < -0.3 is 9.32 Å². The third-order valence-electron chi connectivity index (χ3n) is 3.92. The molecular formula is C15H21N3O2. The molecule has 0 N–H and O–H groups in total. The lowest BCUT2D eigenvalue weighted by atomic mass is 10.1. The molecule has 2 heterocycles. The monoisotopic (exact) mass is 275 g/mol. The van der Waals surface area contributed by atoms with E-state index >= 15 is 0 Å². The maximum atomic E-state index is 12.4. The van der Waals surface area contributed by atoms with Crippen LogP contribution >= 0.6 is 0 Å². The Morgan fingerprint density at radius 1 is 1.50 bits per heavy atom. The molecule has 5 nitrogen and oxygen atoms in total. The van der Waals surface area contributed by atoms with Gasteiger partial charge in [-0.05, 0) is 32.9 Å². The average molecular weight is 275 g/mol. The molecule has 0 saturated carbocycles. The van der Waals surface area contributed by atoms with Crippen LogP contribution in [-0.2, 0) is 18.3 Å². The molecule has 20 heavy (non-hydrogen) atoms. The lowest BCUT2D eigenvalue weighted by Gasteiger charge is -2.23. The van der Waals surface area contributed by atoms with Crippen LogP contribution in [-0.4, -0.2) is 27.6 Å². The molecule has 1 atom stereocenters. The number of aromatic nitrogens is 2. The number of furan rings is 1. The van der Waals surface area contributed by atoms with E-state index in [1.54, 1.807) is 18.2 Å². The van der Waals surface area contributed by atoms with Gasteiger partial charge in [0.1, 0.15) is 5.76 Å². The second-order valence-corrected chi connectivity index (χ2v) is 5.15. The number of carbonyl (C=O) groups is 1. The van der Waals surface area contributed by atoms with Gasteiger partial charge in [-0.1, -0.05) is 0 Å². The Kier molecular flexibility index (Phi) is 3.97. The first-order valence-electron chi connectivity index (χ1n) is 6.70. The Morgan fingerprint density at radius 2 is 2.20 bits per heavy atom. The van der Waals surface area contributed by atoms with Crippen LogP contribution in [0.3, 0.4) is 0 Å². The largest absolute Gasteiger partial charge is 0.467 e. The highest BCUT2D eigenvalue weighted by Crippen LogP contribution is 2.21. The number of hydrogen-bond donors (Lipinski definition) is 0. The average Bonchev–Trinajstić information content (AvgIpc) is 3.02. The molecule has 0 spiro atoms. The number of hydrogen-bond acceptors (Lipinski definition) is 3. The molecule has 2 aromatic rings. The predicted octanol–water partition coefficient (Wildman–Crippen LogP) is 2.39.